The van der Waals surface area contributed by atoms with E-state index in [4.69, 9.17) is 0 Å². The molecule has 0 spiro atoms. The molecular formula is C13H14BNO4S. The topological polar surface area (TPSA) is 86.6 Å². The van der Waals surface area contributed by atoms with Crippen LogP contribution in [0.1, 0.15) is 12.8 Å². The standard InChI is InChI=1S/C13H14BNO4S/c16-14(17)12-7-8-13(11-4-2-1-3-10(11)12)20(18,19)15-9-5-6-9/h1-4,7-9,15-17H,5-6H2. The number of sulfonamides is 1. The summed E-state index contributed by atoms with van der Waals surface area (Å²) in [6, 6.07) is 9.70. The van der Waals surface area contributed by atoms with Gasteiger partial charge in [-0.05, 0) is 29.8 Å². The molecule has 3 rings (SSSR count). The molecule has 1 aliphatic rings. The van der Waals surface area contributed by atoms with E-state index in [0.717, 1.165) is 12.8 Å². The van der Waals surface area contributed by atoms with Crippen LogP contribution in [-0.4, -0.2) is 31.6 Å². The van der Waals surface area contributed by atoms with Crippen LogP contribution in [0.25, 0.3) is 10.8 Å². The lowest BCUT2D eigenvalue weighted by molar-refractivity contribution is 0.426. The SMILES string of the molecule is O=S(=O)(NC1CC1)c1ccc(B(O)O)c2ccccc12. The van der Waals surface area contributed by atoms with Gasteiger partial charge >= 0.3 is 7.12 Å². The van der Waals surface area contributed by atoms with Gasteiger partial charge in [0, 0.05) is 11.4 Å². The molecule has 0 bridgehead atoms. The van der Waals surface area contributed by atoms with Crippen molar-refractivity contribution in [2.75, 3.05) is 0 Å². The number of rotatable bonds is 4. The van der Waals surface area contributed by atoms with E-state index in [1.807, 2.05) is 0 Å². The predicted molar refractivity (Wildman–Crippen MR) is 77.1 cm³/mol. The van der Waals surface area contributed by atoms with Crippen LogP contribution in [-0.2, 0) is 10.0 Å². The van der Waals surface area contributed by atoms with Crippen LogP contribution in [0.3, 0.4) is 0 Å². The number of hydrogen-bond donors (Lipinski definition) is 3. The van der Waals surface area contributed by atoms with E-state index < -0.39 is 17.1 Å². The van der Waals surface area contributed by atoms with Crippen molar-refractivity contribution in [3.05, 3.63) is 36.4 Å². The van der Waals surface area contributed by atoms with Crippen LogP contribution in [0, 0.1) is 0 Å². The van der Waals surface area contributed by atoms with Crippen molar-refractivity contribution < 1.29 is 18.5 Å². The zero-order chi connectivity index (χ0) is 14.3. The quantitative estimate of drug-likeness (QED) is 0.690. The average Bonchev–Trinajstić information content (AvgIpc) is 3.20. The first-order valence-electron chi connectivity index (χ1n) is 6.39. The van der Waals surface area contributed by atoms with Crippen LogP contribution < -0.4 is 10.2 Å². The van der Waals surface area contributed by atoms with Gasteiger partial charge in [0.15, 0.2) is 0 Å². The zero-order valence-electron chi connectivity index (χ0n) is 10.7. The van der Waals surface area contributed by atoms with Crippen molar-refractivity contribution in [1.82, 2.24) is 4.72 Å². The highest BCUT2D eigenvalue weighted by Crippen LogP contribution is 2.26. The summed E-state index contributed by atoms with van der Waals surface area (Å²) in [7, 11) is -5.21. The highest BCUT2D eigenvalue weighted by Gasteiger charge is 2.29. The van der Waals surface area contributed by atoms with Crippen molar-refractivity contribution in [2.24, 2.45) is 0 Å². The van der Waals surface area contributed by atoms with Gasteiger partial charge in [0.05, 0.1) is 4.90 Å². The summed E-state index contributed by atoms with van der Waals surface area (Å²) in [5.41, 5.74) is 0.297. The molecule has 0 saturated heterocycles. The van der Waals surface area contributed by atoms with Gasteiger partial charge in [0.2, 0.25) is 10.0 Å². The molecule has 0 aromatic heterocycles. The van der Waals surface area contributed by atoms with Gasteiger partial charge in [0.25, 0.3) is 0 Å². The molecule has 1 saturated carbocycles. The van der Waals surface area contributed by atoms with Crippen molar-refractivity contribution in [3.63, 3.8) is 0 Å². The Balaban J connectivity index is 2.19. The van der Waals surface area contributed by atoms with Gasteiger partial charge in [-0.15, -0.1) is 0 Å². The minimum Gasteiger partial charge on any atom is -0.423 e. The van der Waals surface area contributed by atoms with Crippen LogP contribution in [0.5, 0.6) is 0 Å². The lowest BCUT2D eigenvalue weighted by atomic mass is 9.77. The highest BCUT2D eigenvalue weighted by molar-refractivity contribution is 7.89. The summed E-state index contributed by atoms with van der Waals surface area (Å²) < 4.78 is 27.3. The summed E-state index contributed by atoms with van der Waals surface area (Å²) >= 11 is 0. The molecule has 2 aromatic rings. The van der Waals surface area contributed by atoms with Crippen LogP contribution in [0.2, 0.25) is 0 Å². The molecule has 0 radical (unpaired) electrons. The Morgan fingerprint density at radius 1 is 1.05 bits per heavy atom. The molecule has 0 amide bonds. The Bertz CT molecular complexity index is 756. The minimum absolute atomic E-state index is 0.0295. The van der Waals surface area contributed by atoms with E-state index in [2.05, 4.69) is 4.72 Å². The molecule has 0 atom stereocenters. The molecule has 20 heavy (non-hydrogen) atoms. The summed E-state index contributed by atoms with van der Waals surface area (Å²) in [4.78, 5) is 0.171. The molecular weight excluding hydrogens is 277 g/mol. The second-order valence-corrected chi connectivity index (χ2v) is 6.65. The summed E-state index contributed by atoms with van der Waals surface area (Å²) in [6.45, 7) is 0. The Kier molecular flexibility index (Phi) is 3.29. The largest absolute Gasteiger partial charge is 0.489 e. The zero-order valence-corrected chi connectivity index (χ0v) is 11.5. The number of benzene rings is 2. The highest BCUT2D eigenvalue weighted by atomic mass is 32.2. The fraction of sp³-hybridized carbons (Fsp3) is 0.231. The third-order valence-electron chi connectivity index (χ3n) is 3.38. The maximum atomic E-state index is 12.3. The summed E-state index contributed by atoms with van der Waals surface area (Å²) in [5, 5.41) is 19.7. The van der Waals surface area contributed by atoms with E-state index in [0.29, 0.717) is 16.2 Å². The second kappa shape index (κ2) is 4.85. The van der Waals surface area contributed by atoms with Crippen LogP contribution >= 0.6 is 0 Å². The van der Waals surface area contributed by atoms with E-state index in [-0.39, 0.29) is 10.9 Å². The maximum absolute atomic E-state index is 12.3. The third-order valence-corrected chi connectivity index (χ3v) is 4.96. The maximum Gasteiger partial charge on any atom is 0.489 e. The minimum atomic E-state index is -3.58. The first-order valence-corrected chi connectivity index (χ1v) is 7.87. The van der Waals surface area contributed by atoms with Crippen LogP contribution in [0.4, 0.5) is 0 Å². The first-order chi connectivity index (χ1) is 9.49. The van der Waals surface area contributed by atoms with Gasteiger partial charge in [0.1, 0.15) is 0 Å². The van der Waals surface area contributed by atoms with Gasteiger partial charge in [-0.1, -0.05) is 30.3 Å². The molecule has 0 heterocycles. The molecule has 7 heteroatoms. The third kappa shape index (κ3) is 2.45. The lowest BCUT2D eigenvalue weighted by Gasteiger charge is -2.12. The van der Waals surface area contributed by atoms with E-state index in [1.165, 1.54) is 12.1 Å². The van der Waals surface area contributed by atoms with Crippen molar-refractivity contribution in [2.45, 2.75) is 23.8 Å². The predicted octanol–water partition coefficient (Wildman–Crippen LogP) is -0.0397. The Hall–Kier alpha value is -1.41. The number of hydrogen-bond acceptors (Lipinski definition) is 4. The van der Waals surface area contributed by atoms with Crippen LogP contribution in [0.15, 0.2) is 41.3 Å². The van der Waals surface area contributed by atoms with E-state index >= 15 is 0 Å². The Labute approximate surface area is 117 Å². The molecule has 104 valence electrons. The number of nitrogens with one attached hydrogen (secondary N) is 1. The van der Waals surface area contributed by atoms with Crippen molar-refractivity contribution in [3.8, 4) is 0 Å². The molecule has 0 aliphatic heterocycles. The molecule has 5 nitrogen and oxygen atoms in total. The van der Waals surface area contributed by atoms with Gasteiger partial charge in [-0.25, -0.2) is 13.1 Å². The van der Waals surface area contributed by atoms with Gasteiger partial charge < -0.3 is 10.0 Å². The monoisotopic (exact) mass is 291 g/mol. The Morgan fingerprint density at radius 2 is 1.70 bits per heavy atom. The molecule has 2 aromatic carbocycles. The Morgan fingerprint density at radius 3 is 2.30 bits per heavy atom. The van der Waals surface area contributed by atoms with E-state index in [1.54, 1.807) is 24.3 Å². The average molecular weight is 291 g/mol. The first kappa shape index (κ1) is 13.6. The smallest absolute Gasteiger partial charge is 0.423 e. The molecule has 1 fully saturated rings. The van der Waals surface area contributed by atoms with E-state index in [9.17, 15) is 18.5 Å². The van der Waals surface area contributed by atoms with Gasteiger partial charge in [-0.2, -0.15) is 0 Å². The number of fused-ring (bicyclic) bond motifs is 1. The second-order valence-electron chi connectivity index (χ2n) is 4.97. The fourth-order valence-corrected chi connectivity index (χ4v) is 3.75. The van der Waals surface area contributed by atoms with Crippen molar-refractivity contribution in [1.29, 1.82) is 0 Å². The van der Waals surface area contributed by atoms with Crippen molar-refractivity contribution >= 4 is 33.4 Å². The molecule has 1 aliphatic carbocycles. The molecule has 3 N–H and O–H groups in total. The lowest BCUT2D eigenvalue weighted by Crippen LogP contribution is -2.32. The van der Waals surface area contributed by atoms with Gasteiger partial charge in [-0.3, -0.25) is 0 Å². The summed E-state index contributed by atoms with van der Waals surface area (Å²) in [5.74, 6) is 0. The molecule has 0 unspecified atom stereocenters. The summed E-state index contributed by atoms with van der Waals surface area (Å²) in [6.07, 6.45) is 1.73. The fourth-order valence-electron chi connectivity index (χ4n) is 2.24. The normalized spacial score (nSPS) is 15.5.